The fraction of sp³-hybridized carbons (Fsp3) is 0.0588. The van der Waals surface area contributed by atoms with Crippen molar-refractivity contribution in [2.24, 2.45) is 0 Å². The van der Waals surface area contributed by atoms with E-state index in [9.17, 15) is 4.79 Å². The van der Waals surface area contributed by atoms with Crippen molar-refractivity contribution in [2.75, 3.05) is 10.6 Å². The van der Waals surface area contributed by atoms with E-state index in [-0.39, 0.29) is 6.03 Å². The first-order chi connectivity index (χ1) is 12.3. The molecule has 4 rings (SSSR count). The molecule has 0 atom stereocenters. The van der Waals surface area contributed by atoms with Gasteiger partial charge in [-0.25, -0.2) is 9.78 Å². The Bertz CT molecular complexity index is 973. The molecular formula is C17H15N7O. The van der Waals surface area contributed by atoms with Crippen LogP contribution in [0.1, 0.15) is 5.69 Å². The Kier molecular flexibility index (Phi) is 3.83. The molecule has 0 aromatic carbocycles. The fourth-order valence-electron chi connectivity index (χ4n) is 2.47. The summed E-state index contributed by atoms with van der Waals surface area (Å²) >= 11 is 0. The monoisotopic (exact) mass is 333 g/mol. The molecule has 4 heterocycles. The zero-order valence-electron chi connectivity index (χ0n) is 13.2. The van der Waals surface area contributed by atoms with Crippen molar-refractivity contribution in [1.29, 1.82) is 0 Å². The molecule has 25 heavy (non-hydrogen) atoms. The summed E-state index contributed by atoms with van der Waals surface area (Å²) < 4.78 is 3.68. The Labute approximate surface area is 143 Å². The summed E-state index contributed by atoms with van der Waals surface area (Å²) in [4.78, 5) is 20.4. The third-order valence-electron chi connectivity index (χ3n) is 3.57. The molecular weight excluding hydrogens is 318 g/mol. The smallest absolute Gasteiger partial charge is 0.308 e. The fourth-order valence-corrected chi connectivity index (χ4v) is 2.47. The van der Waals surface area contributed by atoms with Gasteiger partial charge in [-0.2, -0.15) is 5.10 Å². The van der Waals surface area contributed by atoms with Crippen molar-refractivity contribution in [3.63, 3.8) is 0 Å². The molecule has 0 aliphatic heterocycles. The first kappa shape index (κ1) is 14.9. The van der Waals surface area contributed by atoms with Gasteiger partial charge in [-0.1, -0.05) is 6.07 Å². The number of carbonyl (C=O) groups is 1. The van der Waals surface area contributed by atoms with Gasteiger partial charge >= 0.3 is 6.03 Å². The van der Waals surface area contributed by atoms with Crippen LogP contribution in [0.15, 0.2) is 67.5 Å². The third kappa shape index (κ3) is 3.47. The van der Waals surface area contributed by atoms with Crippen LogP contribution >= 0.6 is 0 Å². The van der Waals surface area contributed by atoms with Crippen molar-refractivity contribution in [3.8, 4) is 0 Å². The molecule has 2 N–H and O–H groups in total. The van der Waals surface area contributed by atoms with Crippen molar-refractivity contribution in [1.82, 2.24) is 24.1 Å². The van der Waals surface area contributed by atoms with Crippen LogP contribution in [-0.4, -0.2) is 30.2 Å². The molecule has 4 aromatic rings. The molecule has 8 nitrogen and oxygen atoms in total. The van der Waals surface area contributed by atoms with E-state index in [0.717, 1.165) is 11.3 Å². The van der Waals surface area contributed by atoms with Crippen LogP contribution in [0.25, 0.3) is 5.65 Å². The summed E-state index contributed by atoms with van der Waals surface area (Å²) in [5, 5.41) is 9.72. The molecule has 0 aliphatic rings. The number of rotatable bonds is 4. The number of aromatic nitrogens is 5. The highest BCUT2D eigenvalue weighted by molar-refractivity contribution is 5.99. The predicted molar refractivity (Wildman–Crippen MR) is 93.4 cm³/mol. The Balaban J connectivity index is 1.40. The van der Waals surface area contributed by atoms with Crippen molar-refractivity contribution in [3.05, 3.63) is 73.2 Å². The number of nitrogens with one attached hydrogen (secondary N) is 2. The SMILES string of the molecule is O=C(Nc1ccncc1)Nc1cnn(Cc2cn3ccccc3n2)c1. The summed E-state index contributed by atoms with van der Waals surface area (Å²) in [6.07, 6.45) is 10.5. The Hall–Kier alpha value is -3.68. The van der Waals surface area contributed by atoms with Gasteiger partial charge in [0, 0.05) is 36.7 Å². The van der Waals surface area contributed by atoms with Crippen molar-refractivity contribution < 1.29 is 4.79 Å². The van der Waals surface area contributed by atoms with E-state index >= 15 is 0 Å². The zero-order chi connectivity index (χ0) is 17.1. The number of amides is 2. The maximum atomic E-state index is 12.0. The topological polar surface area (TPSA) is 89.1 Å². The molecule has 0 fully saturated rings. The minimum atomic E-state index is -0.335. The highest BCUT2D eigenvalue weighted by Crippen LogP contribution is 2.10. The maximum Gasteiger partial charge on any atom is 0.323 e. The lowest BCUT2D eigenvalue weighted by Gasteiger charge is -2.04. The quantitative estimate of drug-likeness (QED) is 0.601. The minimum Gasteiger partial charge on any atom is -0.308 e. The number of anilines is 2. The van der Waals surface area contributed by atoms with E-state index < -0.39 is 0 Å². The number of pyridine rings is 2. The van der Waals surface area contributed by atoms with Crippen LogP contribution < -0.4 is 10.6 Å². The van der Waals surface area contributed by atoms with E-state index in [4.69, 9.17) is 0 Å². The van der Waals surface area contributed by atoms with Crippen molar-refractivity contribution in [2.45, 2.75) is 6.54 Å². The highest BCUT2D eigenvalue weighted by Gasteiger charge is 2.07. The number of carbonyl (C=O) groups excluding carboxylic acids is 1. The lowest BCUT2D eigenvalue weighted by atomic mass is 10.4. The number of hydrogen-bond acceptors (Lipinski definition) is 4. The summed E-state index contributed by atoms with van der Waals surface area (Å²) in [6.45, 7) is 0.523. The molecule has 0 bridgehead atoms. The summed E-state index contributed by atoms with van der Waals surface area (Å²) in [7, 11) is 0. The van der Waals surface area contributed by atoms with E-state index in [1.54, 1.807) is 41.6 Å². The minimum absolute atomic E-state index is 0.335. The van der Waals surface area contributed by atoms with Crippen molar-refractivity contribution >= 4 is 23.1 Å². The normalized spacial score (nSPS) is 10.7. The van der Waals surface area contributed by atoms with E-state index in [2.05, 4.69) is 25.7 Å². The average molecular weight is 333 g/mol. The number of fused-ring (bicyclic) bond motifs is 1. The number of nitrogens with zero attached hydrogens (tertiary/aromatic N) is 5. The predicted octanol–water partition coefficient (Wildman–Crippen LogP) is 2.62. The van der Waals surface area contributed by atoms with E-state index in [1.165, 1.54) is 0 Å². The first-order valence-corrected chi connectivity index (χ1v) is 7.69. The summed E-state index contributed by atoms with van der Waals surface area (Å²) in [5.41, 5.74) is 3.06. The van der Waals surface area contributed by atoms with E-state index in [1.807, 2.05) is 35.0 Å². The Morgan fingerprint density at radius 3 is 2.72 bits per heavy atom. The molecule has 0 unspecified atom stereocenters. The number of hydrogen-bond donors (Lipinski definition) is 2. The summed E-state index contributed by atoms with van der Waals surface area (Å²) in [6, 6.07) is 8.94. The van der Waals surface area contributed by atoms with Gasteiger partial charge in [0.15, 0.2) is 0 Å². The van der Waals surface area contributed by atoms with Crippen LogP contribution in [0.3, 0.4) is 0 Å². The van der Waals surface area contributed by atoms with Gasteiger partial charge in [0.25, 0.3) is 0 Å². The van der Waals surface area contributed by atoms with Gasteiger partial charge in [-0.15, -0.1) is 0 Å². The van der Waals surface area contributed by atoms with Crippen LogP contribution in [0, 0.1) is 0 Å². The molecule has 0 saturated heterocycles. The number of urea groups is 1. The van der Waals surface area contributed by atoms with Crippen LogP contribution in [0.5, 0.6) is 0 Å². The van der Waals surface area contributed by atoms with Gasteiger partial charge in [-0.3, -0.25) is 9.67 Å². The van der Waals surface area contributed by atoms with Gasteiger partial charge in [-0.05, 0) is 24.3 Å². The average Bonchev–Trinajstić information content (AvgIpc) is 3.22. The van der Waals surface area contributed by atoms with Gasteiger partial charge < -0.3 is 15.0 Å². The molecule has 0 radical (unpaired) electrons. The van der Waals surface area contributed by atoms with Gasteiger partial charge in [0.1, 0.15) is 5.65 Å². The molecule has 2 amide bonds. The first-order valence-electron chi connectivity index (χ1n) is 7.69. The molecule has 0 aliphatic carbocycles. The maximum absolute atomic E-state index is 12.0. The molecule has 4 aromatic heterocycles. The van der Waals surface area contributed by atoms with E-state index in [0.29, 0.717) is 17.9 Å². The molecule has 0 spiro atoms. The second-order valence-corrected chi connectivity index (χ2v) is 5.44. The van der Waals surface area contributed by atoms with Crippen LogP contribution in [0.4, 0.5) is 16.2 Å². The third-order valence-corrected chi connectivity index (χ3v) is 3.57. The second-order valence-electron chi connectivity index (χ2n) is 5.44. The Morgan fingerprint density at radius 2 is 1.88 bits per heavy atom. The number of imidazole rings is 1. The lowest BCUT2D eigenvalue weighted by molar-refractivity contribution is 0.262. The standard InChI is InChI=1S/C17H15N7O/c25-17(21-13-4-6-18-7-5-13)22-14-9-19-24(11-14)12-15-10-23-8-2-1-3-16(23)20-15/h1-11H,12H2,(H2,18,21,22,25). The van der Waals surface area contributed by atoms with Crippen LogP contribution in [-0.2, 0) is 6.54 Å². The largest absolute Gasteiger partial charge is 0.323 e. The Morgan fingerprint density at radius 1 is 1.04 bits per heavy atom. The molecule has 0 saturated carbocycles. The van der Waals surface area contributed by atoms with Crippen LogP contribution in [0.2, 0.25) is 0 Å². The lowest BCUT2D eigenvalue weighted by Crippen LogP contribution is -2.19. The second kappa shape index (κ2) is 6.44. The van der Waals surface area contributed by atoms with Gasteiger partial charge in [0.05, 0.1) is 24.1 Å². The summed E-state index contributed by atoms with van der Waals surface area (Å²) in [5.74, 6) is 0. The zero-order valence-corrected chi connectivity index (χ0v) is 13.2. The molecule has 124 valence electrons. The molecule has 8 heteroatoms. The van der Waals surface area contributed by atoms with Gasteiger partial charge in [0.2, 0.25) is 0 Å². The highest BCUT2D eigenvalue weighted by atomic mass is 16.2.